The summed E-state index contributed by atoms with van der Waals surface area (Å²) in [5.74, 6) is -0.430. The van der Waals surface area contributed by atoms with Crippen LogP contribution in [-0.4, -0.2) is 53.6 Å². The predicted octanol–water partition coefficient (Wildman–Crippen LogP) is 0.513. The van der Waals surface area contributed by atoms with Crippen molar-refractivity contribution < 1.29 is 19.4 Å². The molecule has 18 heavy (non-hydrogen) atoms. The van der Waals surface area contributed by atoms with Gasteiger partial charge < -0.3 is 19.5 Å². The molecule has 1 saturated carbocycles. The van der Waals surface area contributed by atoms with E-state index in [1.807, 2.05) is 0 Å². The van der Waals surface area contributed by atoms with Crippen LogP contribution in [0.15, 0.2) is 0 Å². The molecule has 1 N–H and O–H groups in total. The molecule has 5 heteroatoms. The van der Waals surface area contributed by atoms with E-state index in [1.54, 1.807) is 11.8 Å². The highest BCUT2D eigenvalue weighted by atomic mass is 16.7. The molecule has 0 aromatic heterocycles. The van der Waals surface area contributed by atoms with Gasteiger partial charge in [-0.2, -0.15) is 0 Å². The zero-order valence-electron chi connectivity index (χ0n) is 10.9. The molecule has 0 aromatic rings. The van der Waals surface area contributed by atoms with Gasteiger partial charge in [-0.3, -0.25) is 4.79 Å². The number of ether oxygens (including phenoxy) is 2. The number of aliphatic hydroxyl groups is 1. The Bertz CT molecular complexity index is 335. The highest BCUT2D eigenvalue weighted by Gasteiger charge is 2.49. The monoisotopic (exact) mass is 255 g/mol. The first-order valence-electron chi connectivity index (χ1n) is 6.83. The van der Waals surface area contributed by atoms with Gasteiger partial charge in [-0.25, -0.2) is 0 Å². The molecule has 2 aliphatic heterocycles. The first-order valence-corrected chi connectivity index (χ1v) is 6.83. The van der Waals surface area contributed by atoms with Crippen LogP contribution >= 0.6 is 0 Å². The topological polar surface area (TPSA) is 59.0 Å². The Hall–Kier alpha value is -0.650. The highest BCUT2D eigenvalue weighted by molar-refractivity contribution is 5.85. The average molecular weight is 255 g/mol. The zero-order valence-corrected chi connectivity index (χ0v) is 10.9. The van der Waals surface area contributed by atoms with Gasteiger partial charge in [0.15, 0.2) is 5.79 Å². The van der Waals surface area contributed by atoms with Crippen LogP contribution in [0, 0.1) is 5.92 Å². The van der Waals surface area contributed by atoms with E-state index in [0.717, 1.165) is 12.8 Å². The number of rotatable bonds is 2. The fraction of sp³-hybridized carbons (Fsp3) is 0.923. The van der Waals surface area contributed by atoms with Crippen molar-refractivity contribution in [3.63, 3.8) is 0 Å². The quantitative estimate of drug-likeness (QED) is 0.781. The Labute approximate surface area is 107 Å². The molecule has 5 nitrogen and oxygen atoms in total. The maximum absolute atomic E-state index is 12.3. The van der Waals surface area contributed by atoms with Crippen molar-refractivity contribution in [2.45, 2.75) is 44.0 Å². The van der Waals surface area contributed by atoms with E-state index in [1.165, 1.54) is 0 Å². The molecule has 3 aliphatic rings. The smallest absolute Gasteiger partial charge is 0.254 e. The molecule has 3 rings (SSSR count). The summed E-state index contributed by atoms with van der Waals surface area (Å²) in [7, 11) is 0. The number of carbonyl (C=O) groups is 1. The van der Waals surface area contributed by atoms with Gasteiger partial charge in [-0.15, -0.1) is 0 Å². The minimum Gasteiger partial charge on any atom is -0.380 e. The van der Waals surface area contributed by atoms with Crippen LogP contribution in [-0.2, 0) is 14.3 Å². The van der Waals surface area contributed by atoms with Crippen molar-refractivity contribution in [1.82, 2.24) is 4.90 Å². The molecule has 0 aromatic carbocycles. The molecular formula is C13H21NO4. The van der Waals surface area contributed by atoms with Gasteiger partial charge in [-0.1, -0.05) is 0 Å². The van der Waals surface area contributed by atoms with E-state index in [4.69, 9.17) is 9.47 Å². The van der Waals surface area contributed by atoms with Crippen molar-refractivity contribution in [3.05, 3.63) is 0 Å². The summed E-state index contributed by atoms with van der Waals surface area (Å²) in [5, 5.41) is 10.3. The predicted molar refractivity (Wildman–Crippen MR) is 63.8 cm³/mol. The first-order chi connectivity index (χ1) is 8.54. The lowest BCUT2D eigenvalue weighted by molar-refractivity contribution is -0.192. The van der Waals surface area contributed by atoms with Gasteiger partial charge in [0.05, 0.1) is 13.2 Å². The molecule has 1 aliphatic carbocycles. The normalized spacial score (nSPS) is 30.4. The maximum atomic E-state index is 12.3. The molecule has 1 atom stereocenters. The van der Waals surface area contributed by atoms with E-state index >= 15 is 0 Å². The van der Waals surface area contributed by atoms with Crippen LogP contribution in [0.5, 0.6) is 0 Å². The number of hydrogen-bond donors (Lipinski definition) is 1. The standard InChI is InChI=1S/C13H21NO4/c1-12(16,10-2-3-10)11(15)14-6-4-13(5-7-14)17-8-9-18-13/h10,16H,2-9H2,1H3. The lowest BCUT2D eigenvalue weighted by atomic mass is 9.96. The number of amides is 1. The summed E-state index contributed by atoms with van der Waals surface area (Å²) in [6.07, 6.45) is 3.34. The molecule has 1 spiro atoms. The van der Waals surface area contributed by atoms with Gasteiger partial charge in [0.1, 0.15) is 5.60 Å². The number of carbonyl (C=O) groups excluding carboxylic acids is 1. The lowest BCUT2D eigenvalue weighted by Crippen LogP contribution is -2.54. The van der Waals surface area contributed by atoms with E-state index < -0.39 is 11.4 Å². The Morgan fingerprint density at radius 3 is 2.33 bits per heavy atom. The molecule has 1 amide bonds. The molecule has 3 fully saturated rings. The van der Waals surface area contributed by atoms with Crippen molar-refractivity contribution in [3.8, 4) is 0 Å². The summed E-state index contributed by atoms with van der Waals surface area (Å²) in [4.78, 5) is 14.1. The summed E-state index contributed by atoms with van der Waals surface area (Å²) in [5.41, 5.74) is -1.18. The van der Waals surface area contributed by atoms with Crippen LogP contribution in [0.2, 0.25) is 0 Å². The summed E-state index contributed by atoms with van der Waals surface area (Å²) in [6, 6.07) is 0. The van der Waals surface area contributed by atoms with E-state index in [0.29, 0.717) is 39.1 Å². The van der Waals surface area contributed by atoms with Gasteiger partial charge in [0.2, 0.25) is 0 Å². The molecule has 2 saturated heterocycles. The van der Waals surface area contributed by atoms with Crippen LogP contribution in [0.4, 0.5) is 0 Å². The van der Waals surface area contributed by atoms with E-state index in [-0.39, 0.29) is 11.8 Å². The van der Waals surface area contributed by atoms with Gasteiger partial charge >= 0.3 is 0 Å². The van der Waals surface area contributed by atoms with Gasteiger partial charge in [-0.05, 0) is 25.7 Å². The second-order valence-electron chi connectivity index (χ2n) is 5.82. The van der Waals surface area contributed by atoms with Crippen LogP contribution in [0.3, 0.4) is 0 Å². The Balaban J connectivity index is 1.60. The summed E-state index contributed by atoms with van der Waals surface area (Å²) in [6.45, 7) is 4.17. The molecule has 102 valence electrons. The number of nitrogens with zero attached hydrogens (tertiary/aromatic N) is 1. The fourth-order valence-electron chi connectivity index (χ4n) is 2.98. The van der Waals surface area contributed by atoms with E-state index in [2.05, 4.69) is 0 Å². The second-order valence-corrected chi connectivity index (χ2v) is 5.82. The van der Waals surface area contributed by atoms with Crippen LogP contribution in [0.1, 0.15) is 32.6 Å². The van der Waals surface area contributed by atoms with Crippen LogP contribution in [0.25, 0.3) is 0 Å². The minimum atomic E-state index is -1.18. The third-order valence-corrected chi connectivity index (χ3v) is 4.43. The zero-order chi connectivity index (χ0) is 12.8. The van der Waals surface area contributed by atoms with Gasteiger partial charge in [0, 0.05) is 25.9 Å². The van der Waals surface area contributed by atoms with Crippen molar-refractivity contribution >= 4 is 5.91 Å². The number of hydrogen-bond acceptors (Lipinski definition) is 4. The Morgan fingerprint density at radius 1 is 1.28 bits per heavy atom. The minimum absolute atomic E-state index is 0.127. The van der Waals surface area contributed by atoms with Crippen molar-refractivity contribution in [1.29, 1.82) is 0 Å². The Morgan fingerprint density at radius 2 is 1.83 bits per heavy atom. The SMILES string of the molecule is CC(O)(C(=O)N1CCC2(CC1)OCCO2)C1CC1. The third-order valence-electron chi connectivity index (χ3n) is 4.43. The maximum Gasteiger partial charge on any atom is 0.254 e. The fourth-order valence-corrected chi connectivity index (χ4v) is 2.98. The first kappa shape index (κ1) is 12.4. The van der Waals surface area contributed by atoms with E-state index in [9.17, 15) is 9.90 Å². The molecule has 0 radical (unpaired) electrons. The van der Waals surface area contributed by atoms with Crippen molar-refractivity contribution in [2.24, 2.45) is 5.92 Å². The summed E-state index contributed by atoms with van der Waals surface area (Å²) < 4.78 is 11.3. The van der Waals surface area contributed by atoms with Gasteiger partial charge in [0.25, 0.3) is 5.91 Å². The average Bonchev–Trinajstić information content (AvgIpc) is 3.14. The number of piperidine rings is 1. The highest BCUT2D eigenvalue weighted by Crippen LogP contribution is 2.41. The number of likely N-dealkylation sites (tertiary alicyclic amines) is 1. The van der Waals surface area contributed by atoms with Crippen LogP contribution < -0.4 is 0 Å². The second kappa shape index (κ2) is 4.18. The molecule has 1 unspecified atom stereocenters. The lowest BCUT2D eigenvalue weighted by Gasteiger charge is -2.40. The molecular weight excluding hydrogens is 234 g/mol. The summed E-state index contributed by atoms with van der Waals surface area (Å²) >= 11 is 0. The molecule has 2 heterocycles. The third kappa shape index (κ3) is 2.04. The molecule has 0 bridgehead atoms. The Kier molecular flexibility index (Phi) is 2.88. The van der Waals surface area contributed by atoms with Crippen molar-refractivity contribution in [2.75, 3.05) is 26.3 Å². The largest absolute Gasteiger partial charge is 0.380 e.